The van der Waals surface area contributed by atoms with E-state index in [0.717, 1.165) is 0 Å². The number of benzene rings is 1. The normalized spacial score (nSPS) is 21.3. The van der Waals surface area contributed by atoms with Gasteiger partial charge in [-0.3, -0.25) is 0 Å². The van der Waals surface area contributed by atoms with Crippen LogP contribution in [-0.4, -0.2) is 37.0 Å². The first-order chi connectivity index (χ1) is 8.05. The van der Waals surface area contributed by atoms with Gasteiger partial charge in [0.15, 0.2) is 0 Å². The summed E-state index contributed by atoms with van der Waals surface area (Å²) in [5.74, 6) is 0. The van der Waals surface area contributed by atoms with Crippen LogP contribution in [0.3, 0.4) is 0 Å². The Bertz CT molecular complexity index is 562. The average Bonchev–Trinajstić information content (AvgIpc) is 2.76. The first-order valence-corrected chi connectivity index (χ1v) is 6.67. The highest BCUT2D eigenvalue weighted by molar-refractivity contribution is 7.89. The molecule has 1 atom stereocenters. The van der Waals surface area contributed by atoms with Gasteiger partial charge in [0, 0.05) is 13.1 Å². The van der Waals surface area contributed by atoms with Gasteiger partial charge in [-0.15, -0.1) is 0 Å². The number of aliphatic hydroxyl groups excluding tert-OH is 1. The summed E-state index contributed by atoms with van der Waals surface area (Å²) < 4.78 is 25.7. The summed E-state index contributed by atoms with van der Waals surface area (Å²) in [6.45, 7) is 0.394. The standard InChI is InChI=1S/C11H12N2O3S/c12-7-9-3-1-2-4-11(9)17(15,16)13-6-5-10(14)8-13/h1-4,10,14H,5-6,8H2/t10-/m1/s1. The van der Waals surface area contributed by atoms with Crippen molar-refractivity contribution in [2.24, 2.45) is 0 Å². The third kappa shape index (κ3) is 2.17. The van der Waals surface area contributed by atoms with Crippen LogP contribution >= 0.6 is 0 Å². The predicted molar refractivity (Wildman–Crippen MR) is 60.5 cm³/mol. The van der Waals surface area contributed by atoms with Gasteiger partial charge in [0.2, 0.25) is 10.0 Å². The van der Waals surface area contributed by atoms with Crippen LogP contribution in [0.15, 0.2) is 29.2 Å². The van der Waals surface area contributed by atoms with Gasteiger partial charge < -0.3 is 5.11 Å². The minimum Gasteiger partial charge on any atom is -0.392 e. The molecule has 17 heavy (non-hydrogen) atoms. The topological polar surface area (TPSA) is 81.4 Å². The largest absolute Gasteiger partial charge is 0.392 e. The molecule has 6 heteroatoms. The van der Waals surface area contributed by atoms with Gasteiger partial charge in [-0.25, -0.2) is 8.42 Å². The molecule has 1 aromatic rings. The summed E-state index contributed by atoms with van der Waals surface area (Å²) in [6, 6.07) is 7.96. The van der Waals surface area contributed by atoms with Crippen molar-refractivity contribution in [3.05, 3.63) is 29.8 Å². The number of hydrogen-bond donors (Lipinski definition) is 1. The summed E-state index contributed by atoms with van der Waals surface area (Å²) >= 11 is 0. The fraction of sp³-hybridized carbons (Fsp3) is 0.364. The molecule has 5 nitrogen and oxygen atoms in total. The summed E-state index contributed by atoms with van der Waals surface area (Å²) in [5.41, 5.74) is 0.133. The Morgan fingerprint density at radius 3 is 2.71 bits per heavy atom. The quantitative estimate of drug-likeness (QED) is 0.821. The number of sulfonamides is 1. The summed E-state index contributed by atoms with van der Waals surface area (Å²) in [7, 11) is -3.66. The van der Waals surface area contributed by atoms with Crippen LogP contribution in [0.2, 0.25) is 0 Å². The van der Waals surface area contributed by atoms with Crippen molar-refractivity contribution in [1.29, 1.82) is 5.26 Å². The minimum atomic E-state index is -3.66. The summed E-state index contributed by atoms with van der Waals surface area (Å²) in [4.78, 5) is 0.0107. The molecule has 0 aliphatic carbocycles. The van der Waals surface area contributed by atoms with E-state index in [1.165, 1.54) is 16.4 Å². The van der Waals surface area contributed by atoms with Gasteiger partial charge in [0.1, 0.15) is 6.07 Å². The Hall–Kier alpha value is -1.42. The Balaban J connectivity index is 2.42. The minimum absolute atomic E-state index is 0.0107. The summed E-state index contributed by atoms with van der Waals surface area (Å²) in [6.07, 6.45) is -0.174. The van der Waals surface area contributed by atoms with Crippen molar-refractivity contribution < 1.29 is 13.5 Å². The van der Waals surface area contributed by atoms with Crippen molar-refractivity contribution in [2.75, 3.05) is 13.1 Å². The molecule has 0 unspecified atom stereocenters. The molecule has 0 bridgehead atoms. The van der Waals surface area contributed by atoms with E-state index in [4.69, 9.17) is 5.26 Å². The molecule has 1 saturated heterocycles. The lowest BCUT2D eigenvalue weighted by atomic mass is 10.2. The van der Waals surface area contributed by atoms with E-state index < -0.39 is 16.1 Å². The van der Waals surface area contributed by atoms with Crippen LogP contribution < -0.4 is 0 Å². The van der Waals surface area contributed by atoms with E-state index in [9.17, 15) is 13.5 Å². The lowest BCUT2D eigenvalue weighted by Crippen LogP contribution is -2.30. The molecule has 1 aromatic carbocycles. The first kappa shape index (κ1) is 12.0. The number of nitrogens with zero attached hydrogens (tertiary/aromatic N) is 2. The molecule has 1 N–H and O–H groups in total. The molecule has 2 rings (SSSR count). The average molecular weight is 252 g/mol. The van der Waals surface area contributed by atoms with Gasteiger partial charge in [0.25, 0.3) is 0 Å². The van der Waals surface area contributed by atoms with E-state index in [1.807, 2.05) is 6.07 Å². The molecule has 0 amide bonds. The number of β-amino-alcohol motifs (C(OH)–C–C–N with tert-alkyl or cyclic N) is 1. The van der Waals surface area contributed by atoms with Crippen molar-refractivity contribution in [1.82, 2.24) is 4.31 Å². The van der Waals surface area contributed by atoms with Crippen molar-refractivity contribution in [2.45, 2.75) is 17.4 Å². The monoisotopic (exact) mass is 252 g/mol. The maximum absolute atomic E-state index is 12.2. The Morgan fingerprint density at radius 2 is 2.12 bits per heavy atom. The highest BCUT2D eigenvalue weighted by atomic mass is 32.2. The predicted octanol–water partition coefficient (Wildman–Crippen LogP) is 0.314. The number of hydrogen-bond acceptors (Lipinski definition) is 4. The Kier molecular flexibility index (Phi) is 3.15. The second-order valence-corrected chi connectivity index (χ2v) is 5.82. The van der Waals surface area contributed by atoms with Crippen LogP contribution in [0.1, 0.15) is 12.0 Å². The van der Waals surface area contributed by atoms with Gasteiger partial charge in [-0.1, -0.05) is 12.1 Å². The molecular formula is C11H12N2O3S. The fourth-order valence-electron chi connectivity index (χ4n) is 1.85. The Labute approximate surface area is 100.0 Å². The smallest absolute Gasteiger partial charge is 0.244 e. The Morgan fingerprint density at radius 1 is 1.41 bits per heavy atom. The van der Waals surface area contributed by atoms with Crippen molar-refractivity contribution in [3.8, 4) is 6.07 Å². The van der Waals surface area contributed by atoms with E-state index in [0.29, 0.717) is 13.0 Å². The summed E-state index contributed by atoms with van der Waals surface area (Å²) in [5, 5.41) is 18.3. The van der Waals surface area contributed by atoms with Crippen LogP contribution in [0.4, 0.5) is 0 Å². The maximum Gasteiger partial charge on any atom is 0.244 e. The molecular weight excluding hydrogens is 240 g/mol. The zero-order valence-corrected chi connectivity index (χ0v) is 9.89. The third-order valence-corrected chi connectivity index (χ3v) is 4.67. The number of nitriles is 1. The van der Waals surface area contributed by atoms with E-state index >= 15 is 0 Å². The second-order valence-electron chi connectivity index (χ2n) is 3.91. The number of aliphatic hydroxyl groups is 1. The fourth-order valence-corrected chi connectivity index (χ4v) is 3.49. The van der Waals surface area contributed by atoms with Gasteiger partial charge in [-0.2, -0.15) is 9.57 Å². The molecule has 0 spiro atoms. The SMILES string of the molecule is N#Cc1ccccc1S(=O)(=O)N1CC[C@@H](O)C1. The van der Waals surface area contributed by atoms with E-state index in [-0.39, 0.29) is 17.0 Å². The molecule has 0 radical (unpaired) electrons. The number of rotatable bonds is 2. The molecule has 1 aliphatic heterocycles. The van der Waals surface area contributed by atoms with E-state index in [1.54, 1.807) is 12.1 Å². The highest BCUT2D eigenvalue weighted by Gasteiger charge is 2.32. The van der Waals surface area contributed by atoms with Gasteiger partial charge in [-0.05, 0) is 18.6 Å². The molecule has 1 aliphatic rings. The van der Waals surface area contributed by atoms with Crippen LogP contribution in [-0.2, 0) is 10.0 Å². The van der Waals surface area contributed by atoms with Crippen LogP contribution in [0.5, 0.6) is 0 Å². The zero-order chi connectivity index (χ0) is 12.5. The molecule has 0 saturated carbocycles. The van der Waals surface area contributed by atoms with Crippen molar-refractivity contribution in [3.63, 3.8) is 0 Å². The maximum atomic E-state index is 12.2. The third-order valence-electron chi connectivity index (χ3n) is 2.75. The first-order valence-electron chi connectivity index (χ1n) is 5.23. The van der Waals surface area contributed by atoms with Crippen LogP contribution in [0.25, 0.3) is 0 Å². The van der Waals surface area contributed by atoms with E-state index in [2.05, 4.69) is 0 Å². The molecule has 90 valence electrons. The van der Waals surface area contributed by atoms with Crippen LogP contribution in [0, 0.1) is 11.3 Å². The van der Waals surface area contributed by atoms with Gasteiger partial charge in [0.05, 0.1) is 16.6 Å². The van der Waals surface area contributed by atoms with Gasteiger partial charge >= 0.3 is 0 Å². The zero-order valence-electron chi connectivity index (χ0n) is 9.07. The molecule has 1 fully saturated rings. The molecule has 0 aromatic heterocycles. The second kappa shape index (κ2) is 4.45. The molecule has 1 heterocycles. The lowest BCUT2D eigenvalue weighted by molar-refractivity contribution is 0.189. The lowest BCUT2D eigenvalue weighted by Gasteiger charge is -2.16. The van der Waals surface area contributed by atoms with Crippen molar-refractivity contribution >= 4 is 10.0 Å². The highest BCUT2D eigenvalue weighted by Crippen LogP contribution is 2.23.